The van der Waals surface area contributed by atoms with Gasteiger partial charge >= 0.3 is 0 Å². The lowest BCUT2D eigenvalue weighted by molar-refractivity contribution is 0.688. The molecule has 0 aliphatic carbocycles. The number of aliphatic imine (C=N–C) groups is 1. The second kappa shape index (κ2) is 5.34. The van der Waals surface area contributed by atoms with E-state index >= 15 is 0 Å². The predicted molar refractivity (Wildman–Crippen MR) is 65.9 cm³/mol. The van der Waals surface area contributed by atoms with Crippen molar-refractivity contribution >= 4 is 23.9 Å². The lowest BCUT2D eigenvalue weighted by atomic mass is 10.2. The van der Waals surface area contributed by atoms with Gasteiger partial charge in [-0.3, -0.25) is 4.99 Å². The molecule has 0 fully saturated rings. The van der Waals surface area contributed by atoms with Gasteiger partial charge in [-0.25, -0.2) is 4.98 Å². The van der Waals surface area contributed by atoms with Crippen LogP contribution >= 0.6 is 0 Å². The van der Waals surface area contributed by atoms with Crippen molar-refractivity contribution in [3.05, 3.63) is 12.3 Å². The highest BCUT2D eigenvalue weighted by Crippen LogP contribution is 2.29. The fraction of sp³-hybridized carbons (Fsp3) is 0.455. The molecule has 1 atom stereocenters. The number of nitrogens with two attached hydrogens (primary N) is 1. The maximum absolute atomic E-state index is 5.77. The van der Waals surface area contributed by atoms with Crippen LogP contribution in [0.3, 0.4) is 0 Å². The van der Waals surface area contributed by atoms with Crippen LogP contribution in [0.15, 0.2) is 17.3 Å². The van der Waals surface area contributed by atoms with Gasteiger partial charge in [0, 0.05) is 12.2 Å². The number of hydrogen-bond donors (Lipinski definition) is 2. The fourth-order valence-corrected chi connectivity index (χ4v) is 1.48. The summed E-state index contributed by atoms with van der Waals surface area (Å²) < 4.78 is 0. The highest BCUT2D eigenvalue weighted by atomic mass is 15.0. The quantitative estimate of drug-likeness (QED) is 0.728. The Morgan fingerprint density at radius 1 is 1.67 bits per heavy atom. The summed E-state index contributed by atoms with van der Waals surface area (Å²) in [6.07, 6.45) is 3.89. The largest absolute Gasteiger partial charge is 0.397 e. The maximum atomic E-state index is 5.77. The van der Waals surface area contributed by atoms with Crippen molar-refractivity contribution in [2.75, 3.05) is 11.1 Å². The lowest BCUT2D eigenvalue weighted by Gasteiger charge is -2.15. The Kier molecular flexibility index (Phi) is 4.09. The van der Waals surface area contributed by atoms with E-state index in [1.807, 2.05) is 0 Å². The van der Waals surface area contributed by atoms with Crippen LogP contribution in [-0.4, -0.2) is 17.7 Å². The van der Waals surface area contributed by atoms with Crippen LogP contribution in [0.4, 0.5) is 17.2 Å². The molecular weight excluding hydrogens is 188 g/mol. The molecule has 0 saturated carbocycles. The van der Waals surface area contributed by atoms with E-state index in [0.29, 0.717) is 23.2 Å². The van der Waals surface area contributed by atoms with E-state index in [2.05, 4.69) is 35.9 Å². The minimum Gasteiger partial charge on any atom is -0.397 e. The molecule has 0 aliphatic rings. The lowest BCUT2D eigenvalue weighted by Crippen LogP contribution is -2.15. The van der Waals surface area contributed by atoms with Gasteiger partial charge in [0.1, 0.15) is 5.69 Å². The van der Waals surface area contributed by atoms with Crippen LogP contribution in [0.1, 0.15) is 26.7 Å². The van der Waals surface area contributed by atoms with E-state index in [1.54, 1.807) is 12.3 Å². The van der Waals surface area contributed by atoms with Crippen LogP contribution in [0.2, 0.25) is 0 Å². The van der Waals surface area contributed by atoms with E-state index in [0.717, 1.165) is 12.8 Å². The first-order valence-corrected chi connectivity index (χ1v) is 5.16. The Morgan fingerprint density at radius 2 is 2.40 bits per heavy atom. The molecule has 1 aromatic heterocycles. The third-order valence-electron chi connectivity index (χ3n) is 2.22. The molecule has 4 heteroatoms. The Hall–Kier alpha value is -1.58. The van der Waals surface area contributed by atoms with Gasteiger partial charge in [-0.05, 0) is 26.1 Å². The first kappa shape index (κ1) is 11.5. The van der Waals surface area contributed by atoms with Crippen LogP contribution in [0.25, 0.3) is 0 Å². The van der Waals surface area contributed by atoms with Crippen molar-refractivity contribution in [3.8, 4) is 0 Å². The van der Waals surface area contributed by atoms with Crippen molar-refractivity contribution in [1.82, 2.24) is 4.98 Å². The molecule has 0 bridgehead atoms. The van der Waals surface area contributed by atoms with Gasteiger partial charge in [-0.15, -0.1) is 0 Å². The molecule has 0 amide bonds. The van der Waals surface area contributed by atoms with E-state index in [1.165, 1.54) is 0 Å². The molecule has 0 radical (unpaired) electrons. The summed E-state index contributed by atoms with van der Waals surface area (Å²) in [6, 6.07) is 2.09. The number of nitrogen functional groups attached to an aromatic ring is 1. The summed E-state index contributed by atoms with van der Waals surface area (Å²) in [5.41, 5.74) is 7.01. The normalized spacial score (nSPS) is 12.1. The van der Waals surface area contributed by atoms with E-state index < -0.39 is 0 Å². The number of hydrogen-bond acceptors (Lipinski definition) is 4. The predicted octanol–water partition coefficient (Wildman–Crippen LogP) is 2.60. The zero-order valence-corrected chi connectivity index (χ0v) is 9.33. The molecule has 1 unspecified atom stereocenters. The smallest absolute Gasteiger partial charge is 0.154 e. The molecule has 0 aromatic carbocycles. The van der Waals surface area contributed by atoms with Gasteiger partial charge in [0.25, 0.3) is 0 Å². The standard InChI is InChI=1S/C11H18N4/c1-4-5-8(2)15-11-10(13-3)9(12)6-7-14-11/h6-8H,3-5H2,1-2H3,(H3,12,14,15). The summed E-state index contributed by atoms with van der Waals surface area (Å²) in [5, 5.41) is 3.28. The molecular formula is C11H18N4. The molecule has 0 spiro atoms. The third-order valence-corrected chi connectivity index (χ3v) is 2.22. The van der Waals surface area contributed by atoms with Crippen molar-refractivity contribution in [1.29, 1.82) is 0 Å². The topological polar surface area (TPSA) is 63.3 Å². The Bertz CT molecular complexity index is 335. The molecule has 1 heterocycles. The molecule has 1 rings (SSSR count). The summed E-state index contributed by atoms with van der Waals surface area (Å²) in [4.78, 5) is 8.09. The average Bonchev–Trinajstić information content (AvgIpc) is 2.18. The average molecular weight is 206 g/mol. The summed E-state index contributed by atoms with van der Waals surface area (Å²) in [5.74, 6) is 0.714. The maximum Gasteiger partial charge on any atom is 0.154 e. The Balaban J connectivity index is 2.84. The van der Waals surface area contributed by atoms with Crippen molar-refractivity contribution < 1.29 is 0 Å². The minimum atomic E-state index is 0.366. The number of nitrogens with one attached hydrogen (secondary N) is 1. The van der Waals surface area contributed by atoms with Crippen LogP contribution in [0.5, 0.6) is 0 Å². The van der Waals surface area contributed by atoms with E-state index in [9.17, 15) is 0 Å². The first-order chi connectivity index (χ1) is 7.19. The molecule has 1 aromatic rings. The summed E-state index contributed by atoms with van der Waals surface area (Å²) >= 11 is 0. The Labute approximate surface area is 90.6 Å². The van der Waals surface area contributed by atoms with Crippen LogP contribution < -0.4 is 11.1 Å². The molecule has 4 nitrogen and oxygen atoms in total. The van der Waals surface area contributed by atoms with Crippen molar-refractivity contribution in [2.45, 2.75) is 32.7 Å². The summed E-state index contributed by atoms with van der Waals surface area (Å²) in [7, 11) is 0. The highest BCUT2D eigenvalue weighted by molar-refractivity contribution is 5.76. The molecule has 0 saturated heterocycles. The van der Waals surface area contributed by atoms with Crippen LogP contribution in [-0.2, 0) is 0 Å². The van der Waals surface area contributed by atoms with Gasteiger partial charge in [-0.2, -0.15) is 0 Å². The van der Waals surface area contributed by atoms with E-state index in [-0.39, 0.29) is 0 Å². The minimum absolute atomic E-state index is 0.366. The van der Waals surface area contributed by atoms with Gasteiger partial charge in [-0.1, -0.05) is 13.3 Å². The Morgan fingerprint density at radius 3 is 3.00 bits per heavy atom. The van der Waals surface area contributed by atoms with Gasteiger partial charge in [0.2, 0.25) is 0 Å². The number of pyridine rings is 1. The second-order valence-electron chi connectivity index (χ2n) is 3.59. The zero-order valence-electron chi connectivity index (χ0n) is 9.33. The SMILES string of the molecule is C=Nc1c(N)ccnc1NC(C)CCC. The molecule has 0 aliphatic heterocycles. The van der Waals surface area contributed by atoms with Gasteiger partial charge < -0.3 is 11.1 Å². The molecule has 3 N–H and O–H groups in total. The van der Waals surface area contributed by atoms with Crippen molar-refractivity contribution in [3.63, 3.8) is 0 Å². The van der Waals surface area contributed by atoms with Crippen molar-refractivity contribution in [2.24, 2.45) is 4.99 Å². The molecule has 82 valence electrons. The van der Waals surface area contributed by atoms with Gasteiger partial charge in [0.15, 0.2) is 5.82 Å². The second-order valence-corrected chi connectivity index (χ2v) is 3.59. The fourth-order valence-electron chi connectivity index (χ4n) is 1.48. The third kappa shape index (κ3) is 2.94. The molecule has 15 heavy (non-hydrogen) atoms. The number of rotatable bonds is 5. The van der Waals surface area contributed by atoms with Gasteiger partial charge in [0.05, 0.1) is 5.69 Å². The summed E-state index contributed by atoms with van der Waals surface area (Å²) in [6.45, 7) is 7.76. The monoisotopic (exact) mass is 206 g/mol. The number of anilines is 2. The van der Waals surface area contributed by atoms with E-state index in [4.69, 9.17) is 5.73 Å². The number of aromatic nitrogens is 1. The highest BCUT2D eigenvalue weighted by Gasteiger charge is 2.08. The zero-order chi connectivity index (χ0) is 11.3. The first-order valence-electron chi connectivity index (χ1n) is 5.16. The number of nitrogens with zero attached hydrogens (tertiary/aromatic N) is 2. The van der Waals surface area contributed by atoms with Crippen LogP contribution in [0, 0.1) is 0 Å².